The third-order valence-electron chi connectivity index (χ3n) is 7.92. The van der Waals surface area contributed by atoms with Crippen LogP contribution in [0.25, 0.3) is 0 Å². The lowest BCUT2D eigenvalue weighted by Gasteiger charge is -2.39. The average molecular weight is 592 g/mol. The van der Waals surface area contributed by atoms with Gasteiger partial charge in [0, 0.05) is 19.5 Å². The Kier molecular flexibility index (Phi) is 12.6. The number of ether oxygens (including phenoxy) is 5. The van der Waals surface area contributed by atoms with Crippen molar-refractivity contribution < 1.29 is 38.1 Å². The first-order chi connectivity index (χ1) is 20.0. The molecule has 0 unspecified atom stereocenters. The van der Waals surface area contributed by atoms with Gasteiger partial charge in [0.1, 0.15) is 11.7 Å². The van der Waals surface area contributed by atoms with Crippen molar-refractivity contribution in [1.82, 2.24) is 10.6 Å². The van der Waals surface area contributed by atoms with E-state index in [2.05, 4.69) is 23.6 Å². The number of rotatable bonds is 12. The van der Waals surface area contributed by atoms with Gasteiger partial charge in [0.25, 0.3) is 0 Å². The molecule has 4 N–H and O–H groups in total. The molecule has 42 heavy (non-hydrogen) atoms. The van der Waals surface area contributed by atoms with E-state index in [4.69, 9.17) is 29.4 Å². The lowest BCUT2D eigenvalue weighted by Crippen LogP contribution is -2.53. The van der Waals surface area contributed by atoms with Crippen LogP contribution in [0.15, 0.2) is 36.0 Å². The highest BCUT2D eigenvalue weighted by Gasteiger charge is 2.61. The predicted octanol–water partition coefficient (Wildman–Crippen LogP) is 2.93. The quantitative estimate of drug-likeness (QED) is 0.135. The molecule has 0 aliphatic carbocycles. The first-order valence-corrected chi connectivity index (χ1v) is 15.0. The largest absolute Gasteiger partial charge is 0.469 e. The van der Waals surface area contributed by atoms with E-state index in [0.717, 1.165) is 12.0 Å². The van der Waals surface area contributed by atoms with Crippen LogP contribution in [0.5, 0.6) is 0 Å². The second-order valence-corrected chi connectivity index (χ2v) is 12.0. The molecule has 0 radical (unpaired) electrons. The predicted molar refractivity (Wildman–Crippen MR) is 157 cm³/mol. The highest BCUT2D eigenvalue weighted by molar-refractivity contribution is 5.87. The summed E-state index contributed by atoms with van der Waals surface area (Å²) in [6, 6.07) is -0.0390. The molecular weight excluding hydrogens is 542 g/mol. The minimum Gasteiger partial charge on any atom is -0.469 e. The zero-order chi connectivity index (χ0) is 30.9. The summed E-state index contributed by atoms with van der Waals surface area (Å²) in [5, 5.41) is 5.70. The number of methoxy groups -OCH3 is 1. The van der Waals surface area contributed by atoms with Crippen molar-refractivity contribution in [2.45, 2.75) is 102 Å². The second kappa shape index (κ2) is 15.7. The van der Waals surface area contributed by atoms with E-state index in [0.29, 0.717) is 31.9 Å². The molecule has 3 saturated heterocycles. The van der Waals surface area contributed by atoms with Gasteiger partial charge in [0.2, 0.25) is 5.91 Å². The fourth-order valence-electron chi connectivity index (χ4n) is 5.40. The topological polar surface area (TPSA) is 151 Å². The number of hydrogen-bond donors (Lipinski definition) is 3. The summed E-state index contributed by atoms with van der Waals surface area (Å²) < 4.78 is 28.9. The van der Waals surface area contributed by atoms with Gasteiger partial charge in [0.05, 0.1) is 44.5 Å². The Morgan fingerprint density at radius 1 is 1.17 bits per heavy atom. The molecule has 3 fully saturated rings. The van der Waals surface area contributed by atoms with E-state index in [9.17, 15) is 14.4 Å². The van der Waals surface area contributed by atoms with Crippen molar-refractivity contribution in [3.8, 4) is 0 Å². The molecule has 0 aromatic rings. The van der Waals surface area contributed by atoms with Crippen LogP contribution < -0.4 is 16.4 Å². The summed E-state index contributed by atoms with van der Waals surface area (Å²) in [5.74, 6) is 0.105. The minimum absolute atomic E-state index is 0.0172. The first kappa shape index (κ1) is 33.8. The van der Waals surface area contributed by atoms with Crippen LogP contribution in [0.3, 0.4) is 0 Å². The normalized spacial score (nSPS) is 33.2. The van der Waals surface area contributed by atoms with Crippen LogP contribution in [-0.2, 0) is 33.3 Å². The number of esters is 1. The van der Waals surface area contributed by atoms with Gasteiger partial charge >= 0.3 is 12.1 Å². The number of epoxide rings is 1. The molecule has 8 atom stereocenters. The summed E-state index contributed by atoms with van der Waals surface area (Å²) in [6.07, 6.45) is 8.99. The molecule has 0 aromatic carbocycles. The van der Waals surface area contributed by atoms with Crippen LogP contribution in [0.2, 0.25) is 0 Å². The van der Waals surface area contributed by atoms with Crippen molar-refractivity contribution in [2.75, 3.05) is 26.8 Å². The number of nitrogens with two attached hydrogens (primary N) is 1. The van der Waals surface area contributed by atoms with Crippen molar-refractivity contribution in [2.24, 2.45) is 17.6 Å². The van der Waals surface area contributed by atoms with Gasteiger partial charge in [-0.3, -0.25) is 9.59 Å². The van der Waals surface area contributed by atoms with E-state index in [-0.39, 0.29) is 49.0 Å². The maximum atomic E-state index is 12.4. The third-order valence-corrected chi connectivity index (χ3v) is 7.92. The molecule has 3 rings (SSSR count). The van der Waals surface area contributed by atoms with Gasteiger partial charge < -0.3 is 40.1 Å². The molecule has 0 saturated carbocycles. The minimum atomic E-state index is -0.707. The Labute approximate surface area is 249 Å². The van der Waals surface area contributed by atoms with Crippen molar-refractivity contribution in [3.63, 3.8) is 0 Å². The zero-order valence-electron chi connectivity index (χ0n) is 25.8. The zero-order valence-corrected chi connectivity index (χ0v) is 25.8. The standard InChI is InChI=1S/C31H49N3O8/c1-19(2)7-12-27(35)34-24-15-21(4)25(40-22(24)5)10-8-20(3)9-11-26-29(42-30(37)33-14-13-32)31(18-39-31)17-23(41-26)16-28(36)38-6/h7-9,11-12,19,21-26,29H,10,13-18,32H2,1-6H3,(H,33,37)(H,34,35)/b11-9+,12-7-,20-8+/t21-,22+,23+,24+,25-,26+,29+,31+/m0/s1. The Bertz CT molecular complexity index is 1020. The van der Waals surface area contributed by atoms with Crippen molar-refractivity contribution >= 4 is 18.0 Å². The number of alkyl carbamates (subject to hydrolysis) is 1. The van der Waals surface area contributed by atoms with Crippen LogP contribution in [0, 0.1) is 11.8 Å². The van der Waals surface area contributed by atoms with Crippen LogP contribution >= 0.6 is 0 Å². The number of nitrogens with one attached hydrogen (secondary N) is 2. The van der Waals surface area contributed by atoms with Gasteiger partial charge in [-0.15, -0.1) is 0 Å². The monoisotopic (exact) mass is 591 g/mol. The van der Waals surface area contributed by atoms with Crippen molar-refractivity contribution in [3.05, 3.63) is 36.0 Å². The second-order valence-electron chi connectivity index (χ2n) is 12.0. The van der Waals surface area contributed by atoms with Gasteiger partial charge in [-0.25, -0.2) is 4.79 Å². The maximum absolute atomic E-state index is 12.4. The van der Waals surface area contributed by atoms with Gasteiger partial charge in [-0.2, -0.15) is 0 Å². The number of carbonyl (C=O) groups is 3. The Morgan fingerprint density at radius 3 is 2.55 bits per heavy atom. The summed E-state index contributed by atoms with van der Waals surface area (Å²) in [4.78, 5) is 36.6. The summed E-state index contributed by atoms with van der Waals surface area (Å²) in [7, 11) is 1.34. The number of carbonyl (C=O) groups excluding carboxylic acids is 3. The SMILES string of the molecule is COC(=O)C[C@@H]1C[C@@]2(CO2)[C@H](OC(=O)NCCN)[C@@H](/C=C/C(C)=C/C[C@@H]2O[C@H](C)[C@H](NC(=O)/C=C\C(C)C)C[C@@H]2C)O1. The third kappa shape index (κ3) is 9.93. The molecule has 3 aliphatic heterocycles. The molecule has 1 spiro atoms. The van der Waals surface area contributed by atoms with E-state index < -0.39 is 30.0 Å². The molecular formula is C31H49N3O8. The van der Waals surface area contributed by atoms with Crippen LogP contribution in [0.4, 0.5) is 4.79 Å². The molecule has 11 nitrogen and oxygen atoms in total. The lowest BCUT2D eigenvalue weighted by atomic mass is 9.87. The first-order valence-electron chi connectivity index (χ1n) is 15.0. The van der Waals surface area contributed by atoms with E-state index >= 15 is 0 Å². The molecule has 0 bridgehead atoms. The van der Waals surface area contributed by atoms with Crippen molar-refractivity contribution in [1.29, 1.82) is 0 Å². The molecule has 11 heteroatoms. The molecule has 236 valence electrons. The van der Waals surface area contributed by atoms with Gasteiger partial charge in [-0.05, 0) is 44.6 Å². The Balaban J connectivity index is 1.63. The van der Waals surface area contributed by atoms with Crippen LogP contribution in [-0.4, -0.2) is 86.9 Å². The fourth-order valence-corrected chi connectivity index (χ4v) is 5.40. The van der Waals surface area contributed by atoms with Gasteiger partial charge in [0.15, 0.2) is 6.10 Å². The smallest absolute Gasteiger partial charge is 0.407 e. The molecule has 2 amide bonds. The highest BCUT2D eigenvalue weighted by atomic mass is 16.7. The molecule has 3 aliphatic rings. The van der Waals surface area contributed by atoms with E-state index in [1.54, 1.807) is 6.08 Å². The Morgan fingerprint density at radius 2 is 1.90 bits per heavy atom. The summed E-state index contributed by atoms with van der Waals surface area (Å²) in [5.41, 5.74) is 5.78. The summed E-state index contributed by atoms with van der Waals surface area (Å²) in [6.45, 7) is 11.2. The Hall–Kier alpha value is -2.73. The number of allylic oxidation sites excluding steroid dienone is 3. The van der Waals surface area contributed by atoms with Gasteiger partial charge in [-0.1, -0.05) is 50.6 Å². The number of hydrogen-bond acceptors (Lipinski definition) is 9. The lowest BCUT2D eigenvalue weighted by molar-refractivity contribution is -0.158. The summed E-state index contributed by atoms with van der Waals surface area (Å²) >= 11 is 0. The molecule has 3 heterocycles. The average Bonchev–Trinajstić information content (AvgIpc) is 3.71. The van der Waals surface area contributed by atoms with E-state index in [1.165, 1.54) is 7.11 Å². The molecule has 0 aromatic heterocycles. The maximum Gasteiger partial charge on any atom is 0.407 e. The fraction of sp³-hybridized carbons (Fsp3) is 0.710. The highest BCUT2D eigenvalue weighted by Crippen LogP contribution is 2.45. The van der Waals surface area contributed by atoms with E-state index in [1.807, 2.05) is 45.9 Å². The van der Waals surface area contributed by atoms with Crippen LogP contribution in [0.1, 0.15) is 60.3 Å². The number of amides is 2.